The molecule has 0 heterocycles. The minimum Gasteiger partial charge on any atom is -0.326 e. The van der Waals surface area contributed by atoms with Crippen LogP contribution in [0.2, 0.25) is 0 Å². The number of carbonyl (C=O) groups is 1. The van der Waals surface area contributed by atoms with Crippen LogP contribution in [-0.4, -0.2) is 27.1 Å². The Labute approximate surface area is 170 Å². The van der Waals surface area contributed by atoms with Gasteiger partial charge in [-0.2, -0.15) is 0 Å². The van der Waals surface area contributed by atoms with E-state index in [1.54, 1.807) is 6.07 Å². The van der Waals surface area contributed by atoms with E-state index in [9.17, 15) is 13.2 Å². The maximum atomic E-state index is 12.3. The third-order valence-electron chi connectivity index (χ3n) is 4.45. The molecule has 0 radical (unpaired) electrons. The molecular weight excluding hydrogens is 428 g/mol. The van der Waals surface area contributed by atoms with E-state index in [0.717, 1.165) is 26.9 Å². The van der Waals surface area contributed by atoms with Crippen molar-refractivity contribution in [2.45, 2.75) is 33.6 Å². The number of carbonyl (C=O) groups excluding carboxylic acids is 1. The molecule has 2 rings (SSSR count). The third-order valence-corrected chi connectivity index (χ3v) is 6.52. The predicted octanol–water partition coefficient (Wildman–Crippen LogP) is 4.56. The number of nitrogens with zero attached hydrogens (tertiary/aromatic N) is 1. The Balaban J connectivity index is 2.02. The van der Waals surface area contributed by atoms with Crippen LogP contribution < -0.4 is 9.62 Å². The molecule has 27 heavy (non-hydrogen) atoms. The number of halogens is 1. The zero-order chi connectivity index (χ0) is 20.2. The number of hydrogen-bond acceptors (Lipinski definition) is 3. The van der Waals surface area contributed by atoms with E-state index in [4.69, 9.17) is 0 Å². The lowest BCUT2D eigenvalue weighted by atomic mass is 10.1. The van der Waals surface area contributed by atoms with Crippen LogP contribution in [0.15, 0.2) is 40.9 Å². The molecule has 2 aromatic rings. The van der Waals surface area contributed by atoms with Gasteiger partial charge in [0.15, 0.2) is 0 Å². The molecule has 0 unspecified atom stereocenters. The first kappa shape index (κ1) is 21.4. The summed E-state index contributed by atoms with van der Waals surface area (Å²) >= 11 is 3.43. The molecule has 146 valence electrons. The van der Waals surface area contributed by atoms with Crippen LogP contribution in [0.3, 0.4) is 0 Å². The molecule has 7 heteroatoms. The number of hydrogen-bond donors (Lipinski definition) is 1. The first-order valence-electron chi connectivity index (χ1n) is 8.69. The van der Waals surface area contributed by atoms with Crippen LogP contribution >= 0.6 is 15.9 Å². The van der Waals surface area contributed by atoms with Crippen molar-refractivity contribution in [3.63, 3.8) is 0 Å². The van der Waals surface area contributed by atoms with Crippen LogP contribution in [0.1, 0.15) is 29.5 Å². The van der Waals surface area contributed by atoms with Crippen LogP contribution in [0.5, 0.6) is 0 Å². The molecule has 0 aliphatic carbocycles. The van der Waals surface area contributed by atoms with Gasteiger partial charge in [0.1, 0.15) is 0 Å². The van der Waals surface area contributed by atoms with Crippen molar-refractivity contribution in [2.75, 3.05) is 22.4 Å². The Bertz CT molecular complexity index is 942. The molecule has 5 nitrogen and oxygen atoms in total. The van der Waals surface area contributed by atoms with Gasteiger partial charge in [-0.05, 0) is 68.1 Å². The first-order chi connectivity index (χ1) is 12.6. The summed E-state index contributed by atoms with van der Waals surface area (Å²) in [6.45, 7) is 6.07. The summed E-state index contributed by atoms with van der Waals surface area (Å²) < 4.78 is 26.9. The number of rotatable bonds is 7. The van der Waals surface area contributed by atoms with Gasteiger partial charge in [-0.3, -0.25) is 9.10 Å². The Hall–Kier alpha value is -1.86. The van der Waals surface area contributed by atoms with E-state index in [0.29, 0.717) is 12.1 Å². The van der Waals surface area contributed by atoms with Gasteiger partial charge >= 0.3 is 0 Å². The summed E-state index contributed by atoms with van der Waals surface area (Å²) in [6, 6.07) is 11.2. The Morgan fingerprint density at radius 3 is 2.44 bits per heavy atom. The molecule has 2 aromatic carbocycles. The van der Waals surface area contributed by atoms with Crippen molar-refractivity contribution in [3.8, 4) is 0 Å². The third kappa shape index (κ3) is 5.81. The normalized spacial score (nSPS) is 11.3. The fourth-order valence-corrected chi connectivity index (χ4v) is 4.06. The van der Waals surface area contributed by atoms with Crippen LogP contribution in [0.25, 0.3) is 0 Å². The Morgan fingerprint density at radius 2 is 1.81 bits per heavy atom. The van der Waals surface area contributed by atoms with Crippen molar-refractivity contribution in [2.24, 2.45) is 0 Å². The predicted molar refractivity (Wildman–Crippen MR) is 115 cm³/mol. The van der Waals surface area contributed by atoms with E-state index in [2.05, 4.69) is 21.2 Å². The Kier molecular flexibility index (Phi) is 7.06. The summed E-state index contributed by atoms with van der Waals surface area (Å²) in [5, 5.41) is 2.85. The molecule has 0 fully saturated rings. The molecule has 0 saturated heterocycles. The minimum atomic E-state index is -3.43. The average molecular weight is 453 g/mol. The molecule has 0 aliphatic rings. The van der Waals surface area contributed by atoms with Crippen molar-refractivity contribution >= 4 is 43.2 Å². The Morgan fingerprint density at radius 1 is 1.11 bits per heavy atom. The van der Waals surface area contributed by atoms with Crippen molar-refractivity contribution in [1.29, 1.82) is 0 Å². The zero-order valence-corrected chi connectivity index (χ0v) is 18.4. The van der Waals surface area contributed by atoms with Gasteiger partial charge in [0.05, 0.1) is 11.9 Å². The van der Waals surface area contributed by atoms with Gasteiger partial charge in [0.2, 0.25) is 15.9 Å². The van der Waals surface area contributed by atoms with E-state index in [-0.39, 0.29) is 18.9 Å². The second-order valence-corrected chi connectivity index (χ2v) is 9.43. The lowest BCUT2D eigenvalue weighted by Gasteiger charge is -2.24. The molecule has 1 N–H and O–H groups in total. The molecule has 0 atom stereocenters. The second kappa shape index (κ2) is 8.89. The highest BCUT2D eigenvalue weighted by Gasteiger charge is 2.19. The van der Waals surface area contributed by atoms with Crippen LogP contribution in [0.4, 0.5) is 11.4 Å². The van der Waals surface area contributed by atoms with Crippen LogP contribution in [0, 0.1) is 20.8 Å². The monoisotopic (exact) mass is 452 g/mol. The minimum absolute atomic E-state index is 0.133. The number of amides is 1. The van der Waals surface area contributed by atoms with Gasteiger partial charge in [-0.15, -0.1) is 0 Å². The summed E-state index contributed by atoms with van der Waals surface area (Å²) in [6.07, 6.45) is 1.87. The summed E-state index contributed by atoms with van der Waals surface area (Å²) in [5.41, 5.74) is 4.39. The number of aryl methyl sites for hydroxylation is 2. The highest BCUT2D eigenvalue weighted by atomic mass is 79.9. The summed E-state index contributed by atoms with van der Waals surface area (Å²) in [7, 11) is -3.43. The van der Waals surface area contributed by atoms with E-state index >= 15 is 0 Å². The standard InChI is InChI=1S/C20H25BrN2O3S/c1-14-7-5-8-19(16(14)3)23(27(4,25)26)12-6-9-20(24)22-17-10-11-18(21)15(2)13-17/h5,7-8,10-11,13H,6,9,12H2,1-4H3,(H,22,24). The number of benzene rings is 2. The molecule has 0 saturated carbocycles. The van der Waals surface area contributed by atoms with E-state index in [1.807, 2.05) is 51.1 Å². The molecular formula is C20H25BrN2O3S. The van der Waals surface area contributed by atoms with Crippen LogP contribution in [-0.2, 0) is 14.8 Å². The lowest BCUT2D eigenvalue weighted by molar-refractivity contribution is -0.116. The molecule has 0 bridgehead atoms. The molecule has 1 amide bonds. The zero-order valence-electron chi connectivity index (χ0n) is 16.0. The van der Waals surface area contributed by atoms with Crippen molar-refractivity contribution in [3.05, 3.63) is 57.6 Å². The molecule has 0 spiro atoms. The second-order valence-electron chi connectivity index (χ2n) is 6.67. The average Bonchev–Trinajstić information content (AvgIpc) is 2.57. The summed E-state index contributed by atoms with van der Waals surface area (Å²) in [5.74, 6) is -0.133. The SMILES string of the molecule is Cc1cc(NC(=O)CCCN(c2cccc(C)c2C)S(C)(=O)=O)ccc1Br. The number of nitrogens with one attached hydrogen (secondary N) is 1. The topological polar surface area (TPSA) is 66.5 Å². The maximum absolute atomic E-state index is 12.3. The van der Waals surface area contributed by atoms with Gasteiger partial charge < -0.3 is 5.32 Å². The fraction of sp³-hybridized carbons (Fsp3) is 0.350. The first-order valence-corrected chi connectivity index (χ1v) is 11.3. The number of anilines is 2. The largest absolute Gasteiger partial charge is 0.326 e. The van der Waals surface area contributed by atoms with Gasteiger partial charge in [0, 0.05) is 23.1 Å². The smallest absolute Gasteiger partial charge is 0.232 e. The van der Waals surface area contributed by atoms with E-state index in [1.165, 1.54) is 10.6 Å². The van der Waals surface area contributed by atoms with E-state index < -0.39 is 10.0 Å². The van der Waals surface area contributed by atoms with Crippen molar-refractivity contribution < 1.29 is 13.2 Å². The molecule has 0 aromatic heterocycles. The van der Waals surface area contributed by atoms with Gasteiger partial charge in [0.25, 0.3) is 0 Å². The van der Waals surface area contributed by atoms with Crippen molar-refractivity contribution in [1.82, 2.24) is 0 Å². The van der Waals surface area contributed by atoms with Gasteiger partial charge in [-0.25, -0.2) is 8.42 Å². The molecule has 0 aliphatic heterocycles. The quantitative estimate of drug-likeness (QED) is 0.669. The van der Waals surface area contributed by atoms with Gasteiger partial charge in [-0.1, -0.05) is 28.1 Å². The fourth-order valence-electron chi connectivity index (χ4n) is 2.80. The number of sulfonamides is 1. The lowest BCUT2D eigenvalue weighted by Crippen LogP contribution is -2.32. The highest BCUT2D eigenvalue weighted by Crippen LogP contribution is 2.25. The summed E-state index contributed by atoms with van der Waals surface area (Å²) in [4.78, 5) is 12.2. The highest BCUT2D eigenvalue weighted by molar-refractivity contribution is 9.10. The maximum Gasteiger partial charge on any atom is 0.232 e.